The molecular weight excluding hydrogens is 236 g/mol. The van der Waals surface area contributed by atoms with E-state index >= 15 is 0 Å². The second-order valence-corrected chi connectivity index (χ2v) is 5.56. The van der Waals surface area contributed by atoms with Gasteiger partial charge in [-0.25, -0.2) is 4.98 Å². The van der Waals surface area contributed by atoms with Gasteiger partial charge in [-0.15, -0.1) is 0 Å². The molecule has 1 atom stereocenters. The first-order valence-corrected chi connectivity index (χ1v) is 7.20. The van der Waals surface area contributed by atoms with Crippen LogP contribution >= 0.6 is 0 Å². The summed E-state index contributed by atoms with van der Waals surface area (Å²) in [5.41, 5.74) is 8.72. The van der Waals surface area contributed by atoms with E-state index in [-0.39, 0.29) is 0 Å². The van der Waals surface area contributed by atoms with Crippen LogP contribution in [-0.2, 0) is 6.42 Å². The number of nitrogen functional groups attached to an aromatic ring is 1. The van der Waals surface area contributed by atoms with E-state index in [1.807, 2.05) is 18.3 Å². The van der Waals surface area contributed by atoms with E-state index in [9.17, 15) is 0 Å². The fraction of sp³-hybridized carbons (Fsp3) is 0.533. The molecule has 0 aromatic carbocycles. The number of fused-ring (bicyclic) bond motifs is 1. The fourth-order valence-corrected chi connectivity index (χ4v) is 3.05. The second-order valence-electron chi connectivity index (χ2n) is 5.56. The lowest BCUT2D eigenvalue weighted by atomic mass is 9.94. The summed E-state index contributed by atoms with van der Waals surface area (Å²) < 4.78 is 2.06. The zero-order chi connectivity index (χ0) is 13.2. The average molecular weight is 258 g/mol. The second kappa shape index (κ2) is 5.21. The van der Waals surface area contributed by atoms with Gasteiger partial charge in [-0.1, -0.05) is 6.92 Å². The van der Waals surface area contributed by atoms with Crippen LogP contribution in [0, 0.1) is 5.92 Å². The first-order chi connectivity index (χ1) is 9.24. The van der Waals surface area contributed by atoms with E-state index in [2.05, 4.69) is 27.4 Å². The van der Waals surface area contributed by atoms with Gasteiger partial charge in [0.05, 0.1) is 5.69 Å². The van der Waals surface area contributed by atoms with Crippen molar-refractivity contribution in [1.29, 1.82) is 0 Å². The van der Waals surface area contributed by atoms with Crippen molar-refractivity contribution in [3.8, 4) is 0 Å². The van der Waals surface area contributed by atoms with E-state index in [1.54, 1.807) is 0 Å². The molecule has 0 bridgehead atoms. The molecule has 0 amide bonds. The highest BCUT2D eigenvalue weighted by Crippen LogP contribution is 2.21. The molecule has 3 heterocycles. The highest BCUT2D eigenvalue weighted by Gasteiger charge is 2.19. The maximum Gasteiger partial charge on any atom is 0.139 e. The minimum atomic E-state index is 0.746. The Morgan fingerprint density at radius 1 is 1.47 bits per heavy atom. The van der Waals surface area contributed by atoms with E-state index < -0.39 is 0 Å². The van der Waals surface area contributed by atoms with Gasteiger partial charge in [-0.3, -0.25) is 0 Å². The van der Waals surface area contributed by atoms with Crippen LogP contribution in [0.15, 0.2) is 24.5 Å². The zero-order valence-corrected chi connectivity index (χ0v) is 11.5. The van der Waals surface area contributed by atoms with Gasteiger partial charge < -0.3 is 15.0 Å². The number of piperidine rings is 1. The quantitative estimate of drug-likeness (QED) is 0.918. The lowest BCUT2D eigenvalue weighted by Gasteiger charge is -2.31. The topological polar surface area (TPSA) is 46.6 Å². The Morgan fingerprint density at radius 3 is 3.21 bits per heavy atom. The molecule has 102 valence electrons. The van der Waals surface area contributed by atoms with Crippen molar-refractivity contribution in [3.05, 3.63) is 30.2 Å². The molecule has 1 unspecified atom stereocenters. The van der Waals surface area contributed by atoms with Crippen molar-refractivity contribution in [3.63, 3.8) is 0 Å². The predicted octanol–water partition coefficient (Wildman–Crippen LogP) is 2.19. The first-order valence-electron chi connectivity index (χ1n) is 7.20. The molecule has 4 nitrogen and oxygen atoms in total. The molecule has 1 aliphatic rings. The molecular formula is C15H22N4. The van der Waals surface area contributed by atoms with Gasteiger partial charge in [0.2, 0.25) is 0 Å². The van der Waals surface area contributed by atoms with Gasteiger partial charge in [0, 0.05) is 30.7 Å². The third-order valence-electron chi connectivity index (χ3n) is 4.08. The average Bonchev–Trinajstić information content (AvgIpc) is 2.80. The number of likely N-dealkylation sites (tertiary alicyclic amines) is 1. The highest BCUT2D eigenvalue weighted by atomic mass is 15.1. The summed E-state index contributed by atoms with van der Waals surface area (Å²) in [5, 5.41) is 0. The molecule has 2 aromatic heterocycles. The summed E-state index contributed by atoms with van der Waals surface area (Å²) in [5.74, 6) is 0.746. The molecule has 2 aromatic rings. The van der Waals surface area contributed by atoms with Crippen molar-refractivity contribution in [2.24, 2.45) is 5.92 Å². The molecule has 0 radical (unpaired) electrons. The van der Waals surface area contributed by atoms with Crippen LogP contribution in [0.2, 0.25) is 0 Å². The highest BCUT2D eigenvalue weighted by molar-refractivity contribution is 5.52. The Bertz CT molecular complexity index is 560. The number of hydrogen-bond acceptors (Lipinski definition) is 3. The molecule has 1 aliphatic heterocycles. The maximum atomic E-state index is 5.79. The monoisotopic (exact) mass is 258 g/mol. The number of rotatable bonds is 3. The Morgan fingerprint density at radius 2 is 2.37 bits per heavy atom. The predicted molar refractivity (Wildman–Crippen MR) is 78.1 cm³/mol. The van der Waals surface area contributed by atoms with Crippen molar-refractivity contribution in [2.75, 3.05) is 25.4 Å². The van der Waals surface area contributed by atoms with Crippen molar-refractivity contribution in [2.45, 2.75) is 26.2 Å². The van der Waals surface area contributed by atoms with Gasteiger partial charge in [0.25, 0.3) is 0 Å². The largest absolute Gasteiger partial charge is 0.399 e. The van der Waals surface area contributed by atoms with Crippen LogP contribution < -0.4 is 5.73 Å². The summed E-state index contributed by atoms with van der Waals surface area (Å²) in [6, 6.07) is 3.85. The normalized spacial score (nSPS) is 21.0. The molecule has 3 rings (SSSR count). The zero-order valence-electron chi connectivity index (χ0n) is 11.5. The number of imidazole rings is 1. The van der Waals surface area contributed by atoms with Crippen LogP contribution in [0.25, 0.3) is 5.65 Å². The number of nitrogens with two attached hydrogens (primary N) is 1. The summed E-state index contributed by atoms with van der Waals surface area (Å²) in [7, 11) is 0. The number of nitrogens with zero attached hydrogens (tertiary/aromatic N) is 3. The molecule has 0 spiro atoms. The SMILES string of the molecule is CCN1CCCC(Cc2cn3ccc(N)cc3n2)C1. The molecule has 1 saturated heterocycles. The molecule has 2 N–H and O–H groups in total. The van der Waals surface area contributed by atoms with Crippen molar-refractivity contribution >= 4 is 11.3 Å². The summed E-state index contributed by atoms with van der Waals surface area (Å²) in [4.78, 5) is 7.23. The Kier molecular flexibility index (Phi) is 3.42. The van der Waals surface area contributed by atoms with Gasteiger partial charge >= 0.3 is 0 Å². The van der Waals surface area contributed by atoms with E-state index in [0.29, 0.717) is 0 Å². The van der Waals surface area contributed by atoms with Crippen LogP contribution in [0.4, 0.5) is 5.69 Å². The lowest BCUT2D eigenvalue weighted by Crippen LogP contribution is -2.35. The molecule has 19 heavy (non-hydrogen) atoms. The third kappa shape index (κ3) is 2.73. The molecule has 4 heteroatoms. The van der Waals surface area contributed by atoms with E-state index in [0.717, 1.165) is 30.2 Å². The molecule has 0 aliphatic carbocycles. The molecule has 1 fully saturated rings. The lowest BCUT2D eigenvalue weighted by molar-refractivity contribution is 0.181. The van der Waals surface area contributed by atoms with Crippen LogP contribution in [0.3, 0.4) is 0 Å². The number of hydrogen-bond donors (Lipinski definition) is 1. The first kappa shape index (κ1) is 12.5. The summed E-state index contributed by atoms with van der Waals surface area (Å²) in [6.07, 6.45) is 7.85. The van der Waals surface area contributed by atoms with E-state index in [4.69, 9.17) is 5.73 Å². The van der Waals surface area contributed by atoms with Crippen molar-refractivity contribution < 1.29 is 0 Å². The standard InChI is InChI=1S/C15H22N4/c1-2-18-6-3-4-12(10-18)8-14-11-19-7-5-13(16)9-15(19)17-14/h5,7,9,11-12H,2-4,6,8,10,16H2,1H3. The van der Waals surface area contributed by atoms with Gasteiger partial charge in [0.1, 0.15) is 5.65 Å². The van der Waals surface area contributed by atoms with Crippen LogP contribution in [-0.4, -0.2) is 33.9 Å². The van der Waals surface area contributed by atoms with Crippen molar-refractivity contribution in [1.82, 2.24) is 14.3 Å². The van der Waals surface area contributed by atoms with Gasteiger partial charge in [-0.05, 0) is 44.3 Å². The van der Waals surface area contributed by atoms with Crippen LogP contribution in [0.5, 0.6) is 0 Å². The number of anilines is 1. The number of aromatic nitrogens is 2. The Hall–Kier alpha value is -1.55. The third-order valence-corrected chi connectivity index (χ3v) is 4.08. The maximum absolute atomic E-state index is 5.79. The Balaban J connectivity index is 1.74. The van der Waals surface area contributed by atoms with Gasteiger partial charge in [-0.2, -0.15) is 0 Å². The molecule has 0 saturated carbocycles. The Labute approximate surface area is 114 Å². The fourth-order valence-electron chi connectivity index (χ4n) is 3.05. The van der Waals surface area contributed by atoms with Crippen LogP contribution in [0.1, 0.15) is 25.5 Å². The summed E-state index contributed by atoms with van der Waals surface area (Å²) >= 11 is 0. The smallest absolute Gasteiger partial charge is 0.139 e. The minimum absolute atomic E-state index is 0.746. The minimum Gasteiger partial charge on any atom is -0.399 e. The number of pyridine rings is 1. The van der Waals surface area contributed by atoms with Gasteiger partial charge in [0.15, 0.2) is 0 Å². The summed E-state index contributed by atoms with van der Waals surface area (Å²) in [6.45, 7) is 5.88. The van der Waals surface area contributed by atoms with E-state index in [1.165, 1.54) is 31.6 Å².